The number of aryl methyl sites for hydroxylation is 1. The number of amides is 1. The zero-order valence-electron chi connectivity index (χ0n) is 15.3. The SMILES string of the molecule is CSCCCNC(=NCc1nnc(C)n1C)NCCNC(=O)C1CC1. The molecular weight excluding hydrogens is 338 g/mol. The molecule has 0 spiro atoms. The second-order valence-corrected chi connectivity index (χ2v) is 7.14. The lowest BCUT2D eigenvalue weighted by atomic mass is 10.4. The number of hydrogen-bond acceptors (Lipinski definition) is 5. The molecule has 1 aliphatic rings. The van der Waals surface area contributed by atoms with Gasteiger partial charge < -0.3 is 20.5 Å². The molecule has 0 aromatic carbocycles. The Labute approximate surface area is 153 Å². The molecule has 0 radical (unpaired) electrons. The molecule has 0 atom stereocenters. The number of hydrogen-bond donors (Lipinski definition) is 3. The van der Waals surface area contributed by atoms with Crippen molar-refractivity contribution in [3.05, 3.63) is 11.6 Å². The number of carbonyl (C=O) groups is 1. The van der Waals surface area contributed by atoms with Gasteiger partial charge in [-0.15, -0.1) is 10.2 Å². The molecule has 1 aromatic heterocycles. The Morgan fingerprint density at radius 3 is 2.60 bits per heavy atom. The highest BCUT2D eigenvalue weighted by Crippen LogP contribution is 2.28. The number of nitrogens with zero attached hydrogens (tertiary/aromatic N) is 4. The van der Waals surface area contributed by atoms with Crippen molar-refractivity contribution in [3.8, 4) is 0 Å². The standard InChI is InChI=1S/C16H29N7OS/c1-12-21-22-14(23(12)2)11-20-16(18-7-4-10-25-3)19-9-8-17-15(24)13-5-6-13/h13H,4-11H2,1-3H3,(H,17,24)(H2,18,19,20). The minimum absolute atomic E-state index is 0.169. The number of guanidine groups is 1. The number of aliphatic imine (C=N–C) groups is 1. The van der Waals surface area contributed by atoms with E-state index in [1.165, 1.54) is 0 Å². The molecular formula is C16H29N7OS. The summed E-state index contributed by atoms with van der Waals surface area (Å²) < 4.78 is 1.94. The first-order valence-electron chi connectivity index (χ1n) is 8.75. The van der Waals surface area contributed by atoms with Crippen molar-refractivity contribution in [2.75, 3.05) is 31.6 Å². The van der Waals surface area contributed by atoms with Crippen LogP contribution in [0.5, 0.6) is 0 Å². The second kappa shape index (κ2) is 10.3. The second-order valence-electron chi connectivity index (χ2n) is 6.15. The first-order valence-corrected chi connectivity index (χ1v) is 10.1. The highest BCUT2D eigenvalue weighted by atomic mass is 32.2. The van der Waals surface area contributed by atoms with Crippen molar-refractivity contribution < 1.29 is 4.79 Å². The van der Waals surface area contributed by atoms with E-state index in [0.717, 1.165) is 49.2 Å². The van der Waals surface area contributed by atoms with E-state index >= 15 is 0 Å². The summed E-state index contributed by atoms with van der Waals surface area (Å²) in [5.41, 5.74) is 0. The number of thioether (sulfide) groups is 1. The van der Waals surface area contributed by atoms with E-state index < -0.39 is 0 Å². The molecule has 9 heteroatoms. The maximum Gasteiger partial charge on any atom is 0.223 e. The van der Waals surface area contributed by atoms with Crippen LogP contribution in [-0.2, 0) is 18.4 Å². The van der Waals surface area contributed by atoms with Crippen LogP contribution in [0, 0.1) is 12.8 Å². The Morgan fingerprint density at radius 1 is 1.24 bits per heavy atom. The van der Waals surface area contributed by atoms with Crippen LogP contribution in [0.25, 0.3) is 0 Å². The molecule has 140 valence electrons. The predicted molar refractivity (Wildman–Crippen MR) is 102 cm³/mol. The summed E-state index contributed by atoms with van der Waals surface area (Å²) in [5, 5.41) is 17.7. The number of rotatable bonds is 10. The summed E-state index contributed by atoms with van der Waals surface area (Å²) in [5.74, 6) is 3.96. The topological polar surface area (TPSA) is 96.2 Å². The van der Waals surface area contributed by atoms with Crippen LogP contribution in [0.1, 0.15) is 30.9 Å². The molecule has 0 bridgehead atoms. The third-order valence-corrected chi connectivity index (χ3v) is 4.74. The normalized spacial score (nSPS) is 14.4. The van der Waals surface area contributed by atoms with Crippen molar-refractivity contribution >= 4 is 23.6 Å². The van der Waals surface area contributed by atoms with E-state index in [2.05, 4.69) is 37.4 Å². The lowest BCUT2D eigenvalue weighted by Gasteiger charge is -2.13. The molecule has 2 rings (SSSR count). The minimum Gasteiger partial charge on any atom is -0.356 e. The number of aromatic nitrogens is 3. The largest absolute Gasteiger partial charge is 0.356 e. The van der Waals surface area contributed by atoms with Gasteiger partial charge in [0.2, 0.25) is 5.91 Å². The fourth-order valence-electron chi connectivity index (χ4n) is 2.19. The van der Waals surface area contributed by atoms with Crippen molar-refractivity contribution in [2.24, 2.45) is 18.0 Å². The molecule has 1 amide bonds. The smallest absolute Gasteiger partial charge is 0.223 e. The summed E-state index contributed by atoms with van der Waals surface area (Å²) in [6.45, 7) is 4.49. The Morgan fingerprint density at radius 2 is 1.96 bits per heavy atom. The van der Waals surface area contributed by atoms with E-state index in [0.29, 0.717) is 19.6 Å². The van der Waals surface area contributed by atoms with Gasteiger partial charge in [0.05, 0.1) is 0 Å². The molecule has 1 heterocycles. The lowest BCUT2D eigenvalue weighted by Crippen LogP contribution is -2.42. The van der Waals surface area contributed by atoms with Gasteiger partial charge in [0.25, 0.3) is 0 Å². The number of carbonyl (C=O) groups excluding carboxylic acids is 1. The van der Waals surface area contributed by atoms with Gasteiger partial charge in [-0.25, -0.2) is 4.99 Å². The van der Waals surface area contributed by atoms with Gasteiger partial charge in [-0.05, 0) is 38.2 Å². The molecule has 0 aliphatic heterocycles. The fourth-order valence-corrected chi connectivity index (χ4v) is 2.63. The molecule has 0 saturated heterocycles. The minimum atomic E-state index is 0.169. The van der Waals surface area contributed by atoms with Gasteiger partial charge in [-0.2, -0.15) is 11.8 Å². The summed E-state index contributed by atoms with van der Waals surface area (Å²) in [6.07, 6.45) is 5.23. The Bertz CT molecular complexity index is 583. The predicted octanol–water partition coefficient (Wildman–Crippen LogP) is 0.438. The first kappa shape index (κ1) is 19.6. The average Bonchev–Trinajstić information content (AvgIpc) is 3.41. The van der Waals surface area contributed by atoms with Crippen LogP contribution in [0.15, 0.2) is 4.99 Å². The highest BCUT2D eigenvalue weighted by Gasteiger charge is 2.28. The Hall–Kier alpha value is -1.77. The third kappa shape index (κ3) is 6.93. The zero-order chi connectivity index (χ0) is 18.1. The molecule has 1 fully saturated rings. The third-order valence-electron chi connectivity index (χ3n) is 4.04. The van der Waals surface area contributed by atoms with E-state index in [4.69, 9.17) is 0 Å². The van der Waals surface area contributed by atoms with Crippen LogP contribution in [-0.4, -0.2) is 58.3 Å². The summed E-state index contributed by atoms with van der Waals surface area (Å²) in [6, 6.07) is 0. The Balaban J connectivity index is 1.79. The van der Waals surface area contributed by atoms with Gasteiger partial charge in [0.15, 0.2) is 11.8 Å². The number of nitrogens with one attached hydrogen (secondary N) is 3. The molecule has 25 heavy (non-hydrogen) atoms. The van der Waals surface area contributed by atoms with Crippen molar-refractivity contribution in [2.45, 2.75) is 32.7 Å². The zero-order valence-corrected chi connectivity index (χ0v) is 16.2. The van der Waals surface area contributed by atoms with Gasteiger partial charge in [0, 0.05) is 32.6 Å². The van der Waals surface area contributed by atoms with Crippen LogP contribution in [0.3, 0.4) is 0 Å². The molecule has 8 nitrogen and oxygen atoms in total. The molecule has 1 saturated carbocycles. The van der Waals surface area contributed by atoms with Gasteiger partial charge in [0.1, 0.15) is 12.4 Å². The molecule has 1 aromatic rings. The Kier molecular flexibility index (Phi) is 8.03. The average molecular weight is 368 g/mol. The van der Waals surface area contributed by atoms with Crippen LogP contribution in [0.2, 0.25) is 0 Å². The fraction of sp³-hybridized carbons (Fsp3) is 0.750. The van der Waals surface area contributed by atoms with Gasteiger partial charge in [-0.3, -0.25) is 4.79 Å². The summed E-state index contributed by atoms with van der Waals surface area (Å²) in [7, 11) is 1.94. The van der Waals surface area contributed by atoms with Crippen molar-refractivity contribution in [3.63, 3.8) is 0 Å². The quantitative estimate of drug-likeness (QED) is 0.315. The van der Waals surface area contributed by atoms with E-state index in [1.807, 2.05) is 30.3 Å². The van der Waals surface area contributed by atoms with Crippen LogP contribution >= 0.6 is 11.8 Å². The summed E-state index contributed by atoms with van der Waals surface area (Å²) >= 11 is 1.83. The molecule has 1 aliphatic carbocycles. The van der Waals surface area contributed by atoms with Gasteiger partial charge in [-0.1, -0.05) is 0 Å². The highest BCUT2D eigenvalue weighted by molar-refractivity contribution is 7.98. The molecule has 0 unspecified atom stereocenters. The molecule has 3 N–H and O–H groups in total. The summed E-state index contributed by atoms with van der Waals surface area (Å²) in [4.78, 5) is 16.2. The van der Waals surface area contributed by atoms with Gasteiger partial charge >= 0.3 is 0 Å². The van der Waals surface area contributed by atoms with Crippen molar-refractivity contribution in [1.82, 2.24) is 30.7 Å². The first-order chi connectivity index (χ1) is 12.1. The van der Waals surface area contributed by atoms with Crippen LogP contribution in [0.4, 0.5) is 0 Å². The van der Waals surface area contributed by atoms with Crippen molar-refractivity contribution in [1.29, 1.82) is 0 Å². The maximum absolute atomic E-state index is 11.6. The lowest BCUT2D eigenvalue weighted by molar-refractivity contribution is -0.122. The van der Waals surface area contributed by atoms with Crippen LogP contribution < -0.4 is 16.0 Å². The van der Waals surface area contributed by atoms with E-state index in [1.54, 1.807) is 0 Å². The van der Waals surface area contributed by atoms with E-state index in [9.17, 15) is 4.79 Å². The van der Waals surface area contributed by atoms with E-state index in [-0.39, 0.29) is 11.8 Å². The monoisotopic (exact) mass is 367 g/mol. The maximum atomic E-state index is 11.6.